The van der Waals surface area contributed by atoms with Crippen LogP contribution in [0.25, 0.3) is 0 Å². The molecule has 7 nitrogen and oxygen atoms in total. The van der Waals surface area contributed by atoms with Gasteiger partial charge in [0.15, 0.2) is 5.60 Å². The van der Waals surface area contributed by atoms with E-state index in [1.165, 1.54) is 25.3 Å². The second-order valence-corrected chi connectivity index (χ2v) is 6.76. The molecular formula is C12H17ClN2O5S. The molecule has 0 aliphatic rings. The highest BCUT2D eigenvalue weighted by Gasteiger charge is 2.33. The van der Waals surface area contributed by atoms with Crippen molar-refractivity contribution in [1.82, 2.24) is 9.71 Å². The Balaban J connectivity index is 2.64. The van der Waals surface area contributed by atoms with Crippen molar-refractivity contribution in [2.24, 2.45) is 0 Å². The first kappa shape index (κ1) is 17.8. The fourth-order valence-corrected chi connectivity index (χ4v) is 2.70. The molecule has 0 spiro atoms. The quantitative estimate of drug-likeness (QED) is 0.554. The minimum atomic E-state index is -3.73. The number of ether oxygens (including phenoxy) is 1. The zero-order valence-electron chi connectivity index (χ0n) is 11.7. The molecular weight excluding hydrogens is 320 g/mol. The smallest absolute Gasteiger partial charge is 0.339 e. The largest absolute Gasteiger partial charge is 0.464 e. The van der Waals surface area contributed by atoms with Gasteiger partial charge in [-0.2, -0.15) is 0 Å². The number of rotatable bonds is 7. The van der Waals surface area contributed by atoms with Crippen LogP contribution in [0.1, 0.15) is 19.4 Å². The van der Waals surface area contributed by atoms with Crippen LogP contribution in [0.3, 0.4) is 0 Å². The molecule has 0 aromatic carbocycles. The molecule has 9 heteroatoms. The zero-order chi connectivity index (χ0) is 16.1. The van der Waals surface area contributed by atoms with Gasteiger partial charge in [0.25, 0.3) is 0 Å². The van der Waals surface area contributed by atoms with Crippen LogP contribution >= 0.6 is 11.6 Å². The summed E-state index contributed by atoms with van der Waals surface area (Å²) in [5, 5.41) is 10.1. The van der Waals surface area contributed by atoms with Gasteiger partial charge in [-0.1, -0.05) is 17.7 Å². The van der Waals surface area contributed by atoms with Gasteiger partial charge in [-0.15, -0.1) is 0 Å². The topological polar surface area (TPSA) is 106 Å². The minimum Gasteiger partial charge on any atom is -0.464 e. The Morgan fingerprint density at radius 3 is 2.71 bits per heavy atom. The van der Waals surface area contributed by atoms with Crippen molar-refractivity contribution in [1.29, 1.82) is 0 Å². The van der Waals surface area contributed by atoms with E-state index >= 15 is 0 Å². The summed E-state index contributed by atoms with van der Waals surface area (Å²) in [4.78, 5) is 15.2. The van der Waals surface area contributed by atoms with E-state index in [0.717, 1.165) is 0 Å². The van der Waals surface area contributed by atoms with E-state index in [-0.39, 0.29) is 17.5 Å². The van der Waals surface area contributed by atoms with Gasteiger partial charge in [-0.25, -0.2) is 22.9 Å². The molecule has 21 heavy (non-hydrogen) atoms. The normalized spacial score (nSPS) is 14.5. The number of pyridine rings is 1. The van der Waals surface area contributed by atoms with Gasteiger partial charge in [-0.05, 0) is 25.5 Å². The van der Waals surface area contributed by atoms with Crippen molar-refractivity contribution < 1.29 is 23.1 Å². The summed E-state index contributed by atoms with van der Waals surface area (Å²) in [5.74, 6) is -1.23. The van der Waals surface area contributed by atoms with Crippen molar-refractivity contribution in [3.63, 3.8) is 0 Å². The van der Waals surface area contributed by atoms with E-state index in [2.05, 4.69) is 14.4 Å². The zero-order valence-corrected chi connectivity index (χ0v) is 13.2. The third-order valence-electron chi connectivity index (χ3n) is 2.50. The molecule has 0 saturated heterocycles. The first-order valence-electron chi connectivity index (χ1n) is 6.13. The van der Waals surface area contributed by atoms with Gasteiger partial charge < -0.3 is 9.84 Å². The van der Waals surface area contributed by atoms with Crippen molar-refractivity contribution >= 4 is 27.6 Å². The summed E-state index contributed by atoms with van der Waals surface area (Å²) in [6.07, 6.45) is 1.34. The van der Waals surface area contributed by atoms with Crippen molar-refractivity contribution in [3.05, 3.63) is 29.0 Å². The van der Waals surface area contributed by atoms with Gasteiger partial charge in [-0.3, -0.25) is 0 Å². The highest BCUT2D eigenvalue weighted by atomic mass is 35.5. The number of esters is 1. The molecule has 0 unspecified atom stereocenters. The molecule has 0 amide bonds. The fraction of sp³-hybridized carbons (Fsp3) is 0.500. The Bertz CT molecular complexity index is 586. The molecule has 118 valence electrons. The number of carbonyl (C=O) groups excluding carboxylic acids is 1. The maximum atomic E-state index is 11.9. The first-order valence-corrected chi connectivity index (χ1v) is 8.16. The van der Waals surface area contributed by atoms with E-state index in [1.807, 2.05) is 0 Å². The highest BCUT2D eigenvalue weighted by molar-refractivity contribution is 7.88. The maximum absolute atomic E-state index is 11.9. The van der Waals surface area contributed by atoms with Crippen LogP contribution in [0.2, 0.25) is 5.15 Å². The lowest BCUT2D eigenvalue weighted by molar-refractivity contribution is -0.162. The van der Waals surface area contributed by atoms with E-state index in [0.29, 0.717) is 5.56 Å². The van der Waals surface area contributed by atoms with E-state index in [1.54, 1.807) is 6.92 Å². The third kappa shape index (κ3) is 5.96. The maximum Gasteiger partial charge on any atom is 0.339 e. The van der Waals surface area contributed by atoms with E-state index < -0.39 is 28.1 Å². The molecule has 1 rings (SSSR count). The van der Waals surface area contributed by atoms with Crippen LogP contribution in [0.15, 0.2) is 18.3 Å². The fourth-order valence-electron chi connectivity index (χ4n) is 1.37. The molecule has 1 aromatic rings. The molecule has 1 aromatic heterocycles. The second kappa shape index (κ2) is 7.17. The average molecular weight is 337 g/mol. The number of halogens is 1. The summed E-state index contributed by atoms with van der Waals surface area (Å²) in [5.41, 5.74) is -1.50. The molecule has 0 saturated carbocycles. The van der Waals surface area contributed by atoms with E-state index in [9.17, 15) is 18.3 Å². The Hall–Kier alpha value is -1.22. The molecule has 2 N–H and O–H groups in total. The number of aliphatic hydroxyl groups is 1. The number of sulfonamides is 1. The summed E-state index contributed by atoms with van der Waals surface area (Å²) in [6, 6.07) is 3.00. The Labute approximate surface area is 128 Å². The Morgan fingerprint density at radius 1 is 1.52 bits per heavy atom. The predicted molar refractivity (Wildman–Crippen MR) is 77.1 cm³/mol. The molecule has 0 bridgehead atoms. The van der Waals surface area contributed by atoms with E-state index in [4.69, 9.17) is 11.6 Å². The van der Waals surface area contributed by atoms with Crippen LogP contribution in [0.5, 0.6) is 0 Å². The minimum absolute atomic E-state index is 0.0954. The summed E-state index contributed by atoms with van der Waals surface area (Å²) in [7, 11) is -3.73. The molecule has 0 aliphatic heterocycles. The number of hydrogen-bond acceptors (Lipinski definition) is 6. The molecule has 0 fully saturated rings. The summed E-state index contributed by atoms with van der Waals surface area (Å²) in [6.45, 7) is 2.39. The molecule has 0 aliphatic carbocycles. The molecule has 0 radical (unpaired) electrons. The highest BCUT2D eigenvalue weighted by Crippen LogP contribution is 2.10. The predicted octanol–water partition coefficient (Wildman–Crippen LogP) is 0.469. The standard InChI is InChI=1S/C12H17ClN2O5S/c1-3-20-11(16)12(2,17)8-15-21(18,19)7-9-4-5-10(13)14-6-9/h4-6,15,17H,3,7-8H2,1-2H3/t12-/m0/s1. The third-order valence-corrected chi connectivity index (χ3v) is 4.02. The van der Waals surface area contributed by atoms with Crippen LogP contribution in [0.4, 0.5) is 0 Å². The second-order valence-electron chi connectivity index (χ2n) is 4.56. The van der Waals surface area contributed by atoms with Crippen molar-refractivity contribution in [2.75, 3.05) is 13.2 Å². The van der Waals surface area contributed by atoms with Crippen LogP contribution in [-0.2, 0) is 25.3 Å². The lowest BCUT2D eigenvalue weighted by Gasteiger charge is -2.21. The average Bonchev–Trinajstić information content (AvgIpc) is 2.40. The van der Waals surface area contributed by atoms with Gasteiger partial charge >= 0.3 is 5.97 Å². The first-order chi connectivity index (χ1) is 9.66. The number of nitrogens with zero attached hydrogens (tertiary/aromatic N) is 1. The van der Waals surface area contributed by atoms with Gasteiger partial charge in [0, 0.05) is 12.7 Å². The SMILES string of the molecule is CCOC(=O)[C@@](C)(O)CNS(=O)(=O)Cc1ccc(Cl)nc1. The van der Waals surface area contributed by atoms with Crippen LogP contribution < -0.4 is 4.72 Å². The van der Waals surface area contributed by atoms with Crippen molar-refractivity contribution in [3.8, 4) is 0 Å². The van der Waals surface area contributed by atoms with Gasteiger partial charge in [0.2, 0.25) is 10.0 Å². The lowest BCUT2D eigenvalue weighted by Crippen LogP contribution is -2.47. The van der Waals surface area contributed by atoms with Crippen LogP contribution in [-0.4, -0.2) is 43.2 Å². The summed E-state index contributed by atoms with van der Waals surface area (Å²) < 4.78 is 30.6. The number of aromatic nitrogens is 1. The molecule has 1 heterocycles. The number of hydrogen-bond donors (Lipinski definition) is 2. The number of nitrogens with one attached hydrogen (secondary N) is 1. The molecule has 1 atom stereocenters. The van der Waals surface area contributed by atoms with Crippen LogP contribution in [0, 0.1) is 0 Å². The Morgan fingerprint density at radius 2 is 2.19 bits per heavy atom. The Kier molecular flexibility index (Phi) is 6.09. The van der Waals surface area contributed by atoms with Crippen molar-refractivity contribution in [2.45, 2.75) is 25.2 Å². The lowest BCUT2D eigenvalue weighted by atomic mass is 10.1. The number of carbonyl (C=O) groups is 1. The van der Waals surface area contributed by atoms with Gasteiger partial charge in [0.1, 0.15) is 5.15 Å². The van der Waals surface area contributed by atoms with Gasteiger partial charge in [0.05, 0.1) is 12.4 Å². The monoisotopic (exact) mass is 336 g/mol. The summed E-state index contributed by atoms with van der Waals surface area (Å²) >= 11 is 5.61.